The molecule has 4 aliphatic rings. The minimum absolute atomic E-state index is 0.00921. The second kappa shape index (κ2) is 15.6. The number of amides is 2. The van der Waals surface area contributed by atoms with Crippen molar-refractivity contribution in [3.63, 3.8) is 0 Å². The van der Waals surface area contributed by atoms with Crippen LogP contribution in [-0.2, 0) is 42.9 Å². The van der Waals surface area contributed by atoms with Gasteiger partial charge < -0.3 is 49.6 Å². The third kappa shape index (κ3) is 8.00. The molecule has 0 radical (unpaired) electrons. The van der Waals surface area contributed by atoms with Crippen LogP contribution in [0.1, 0.15) is 106 Å². The Morgan fingerprint density at radius 2 is 1.54 bits per heavy atom. The average molecular weight is 829 g/mol. The van der Waals surface area contributed by atoms with Gasteiger partial charge in [-0.05, 0) is 63.3 Å². The Hall–Kier alpha value is -4.38. The van der Waals surface area contributed by atoms with Gasteiger partial charge in [-0.15, -0.1) is 0 Å². The van der Waals surface area contributed by atoms with Crippen molar-refractivity contribution in [1.29, 1.82) is 0 Å². The number of esters is 4. The maximum atomic E-state index is 15.4. The molecule has 11 atom stereocenters. The van der Waals surface area contributed by atoms with Crippen molar-refractivity contribution < 1.29 is 67.8 Å². The van der Waals surface area contributed by atoms with Crippen molar-refractivity contribution in [3.05, 3.63) is 47.0 Å². The molecule has 3 aliphatic carbocycles. The fourth-order valence-corrected chi connectivity index (χ4v) is 9.65. The molecule has 326 valence electrons. The highest BCUT2D eigenvalue weighted by Crippen LogP contribution is 2.64. The topological polar surface area (TPSA) is 233 Å². The number of rotatable bonds is 8. The molecule has 1 aromatic carbocycles. The molecule has 1 heterocycles. The van der Waals surface area contributed by atoms with Crippen LogP contribution in [0.4, 0.5) is 4.79 Å². The minimum Gasteiger partial charge on any atom is -0.456 e. The molecular formula is C43H60N2O14. The average Bonchev–Trinajstić information content (AvgIpc) is 3.10. The van der Waals surface area contributed by atoms with Gasteiger partial charge in [0.2, 0.25) is 0 Å². The van der Waals surface area contributed by atoms with Crippen LogP contribution in [0.15, 0.2) is 41.5 Å². The van der Waals surface area contributed by atoms with Crippen LogP contribution in [0.2, 0.25) is 0 Å². The fourth-order valence-electron chi connectivity index (χ4n) is 9.65. The molecule has 1 aliphatic heterocycles. The molecule has 2 amide bonds. The van der Waals surface area contributed by atoms with E-state index in [2.05, 4.69) is 10.6 Å². The summed E-state index contributed by atoms with van der Waals surface area (Å²) in [6.45, 7) is 18.4. The SMILES string of the molecule is CC(=O)O[C@H]1C(=O)[C@@]2(C)[C@H]([C@H](OC(=O)c3ccccc3)[C@]3(O)C[C@H](OC(=O)[C@H](O)[C@@H](NC(=O)NC(C)(C)C)C(C)(C)C)C(C)=C1C3(C)C)[C@]1(OC(C)=O)CO[C@@H]1C[C@@H]2O. The van der Waals surface area contributed by atoms with Crippen LogP contribution in [0, 0.1) is 22.2 Å². The van der Waals surface area contributed by atoms with Gasteiger partial charge in [-0.1, -0.05) is 52.8 Å². The largest absolute Gasteiger partial charge is 0.456 e. The molecule has 0 unspecified atom stereocenters. The van der Waals surface area contributed by atoms with Gasteiger partial charge in [0, 0.05) is 37.6 Å². The monoisotopic (exact) mass is 828 g/mol. The molecule has 0 spiro atoms. The zero-order valence-electron chi connectivity index (χ0n) is 36.0. The first-order valence-corrected chi connectivity index (χ1v) is 19.9. The summed E-state index contributed by atoms with van der Waals surface area (Å²) in [6.07, 6.45) is -10.3. The Balaban J connectivity index is 1.74. The number of aliphatic hydroxyl groups excluding tert-OH is 2. The number of ketones is 1. The Bertz CT molecular complexity index is 1900. The van der Waals surface area contributed by atoms with Gasteiger partial charge in [0.15, 0.2) is 23.6 Å². The molecule has 3 fully saturated rings. The van der Waals surface area contributed by atoms with Crippen molar-refractivity contribution in [2.24, 2.45) is 22.2 Å². The summed E-state index contributed by atoms with van der Waals surface area (Å²) in [5, 5.41) is 42.6. The number of benzene rings is 1. The lowest BCUT2D eigenvalue weighted by Crippen LogP contribution is -2.82. The predicted molar refractivity (Wildman–Crippen MR) is 209 cm³/mol. The number of Topliss-reactive ketones (excluding diaryl/α,β-unsaturated/α-hetero) is 1. The standard InChI is InChI=1S/C43H60N2O14/c1-21-25(57-36(52)29(49)32(38(4,5)6)44-37(53)45-39(7,8)9)19-43(54)34(58-35(51)24-16-14-13-15-17-24)31-41(12,26(48)18-27-42(31,20-55-27)59-23(3)47)33(50)30(56-22(2)46)28(21)40(43,10)11/h13-17,25-27,29-32,34,48-49,54H,18-20H2,1-12H3,(H2,44,45,53)/t25-,26-,27+,29+,30+,31-,32+,34-,41+,42-,43+/m0/s1. The molecule has 0 aromatic heterocycles. The quantitative estimate of drug-likeness (QED) is 0.144. The third-order valence-electron chi connectivity index (χ3n) is 12.7. The first-order valence-electron chi connectivity index (χ1n) is 19.9. The Kier molecular flexibility index (Phi) is 12.1. The van der Waals surface area contributed by atoms with Crippen LogP contribution in [-0.4, -0.2) is 117 Å². The predicted octanol–water partition coefficient (Wildman–Crippen LogP) is 3.08. The molecular weight excluding hydrogens is 768 g/mol. The van der Waals surface area contributed by atoms with Crippen molar-refractivity contribution in [2.75, 3.05) is 6.61 Å². The Morgan fingerprint density at radius 1 is 0.932 bits per heavy atom. The van der Waals surface area contributed by atoms with Crippen molar-refractivity contribution in [1.82, 2.24) is 10.6 Å². The molecule has 5 N–H and O–H groups in total. The highest BCUT2D eigenvalue weighted by atomic mass is 16.6. The maximum Gasteiger partial charge on any atom is 0.338 e. The first-order chi connectivity index (χ1) is 27.0. The zero-order valence-corrected chi connectivity index (χ0v) is 36.0. The fraction of sp³-hybridized carbons (Fsp3) is 0.674. The number of carbonyl (C=O) groups excluding carboxylic acids is 6. The maximum absolute atomic E-state index is 15.4. The summed E-state index contributed by atoms with van der Waals surface area (Å²) in [5.74, 6) is -6.17. The van der Waals surface area contributed by atoms with Crippen LogP contribution in [0.3, 0.4) is 0 Å². The van der Waals surface area contributed by atoms with E-state index in [0.717, 1.165) is 13.8 Å². The Labute approximate surface area is 344 Å². The normalized spacial score (nSPS) is 33.6. The van der Waals surface area contributed by atoms with E-state index >= 15 is 4.79 Å². The lowest BCUT2D eigenvalue weighted by atomic mass is 9.44. The van der Waals surface area contributed by atoms with Crippen molar-refractivity contribution in [3.8, 4) is 0 Å². The van der Waals surface area contributed by atoms with Gasteiger partial charge in [-0.25, -0.2) is 14.4 Å². The minimum atomic E-state index is -2.37. The number of ether oxygens (including phenoxy) is 5. The second-order valence-electron chi connectivity index (χ2n) is 19.3. The van der Waals surface area contributed by atoms with Crippen LogP contribution in [0.5, 0.6) is 0 Å². The smallest absolute Gasteiger partial charge is 0.338 e. The molecule has 16 nitrogen and oxygen atoms in total. The number of urea groups is 1. The lowest BCUT2D eigenvalue weighted by Gasteiger charge is -2.67. The van der Waals surface area contributed by atoms with Crippen LogP contribution < -0.4 is 10.6 Å². The number of hydrogen-bond donors (Lipinski definition) is 5. The van der Waals surface area contributed by atoms with E-state index in [4.69, 9.17) is 23.7 Å². The van der Waals surface area contributed by atoms with Crippen molar-refractivity contribution in [2.45, 2.75) is 155 Å². The summed E-state index contributed by atoms with van der Waals surface area (Å²) >= 11 is 0. The molecule has 1 aromatic rings. The van der Waals surface area contributed by atoms with Gasteiger partial charge in [0.05, 0.1) is 35.6 Å². The number of aliphatic hydroxyl groups is 3. The van der Waals surface area contributed by atoms with Gasteiger partial charge in [-0.2, -0.15) is 0 Å². The zero-order chi connectivity index (χ0) is 44.4. The molecule has 5 rings (SSSR count). The molecule has 2 bridgehead atoms. The van der Waals surface area contributed by atoms with Gasteiger partial charge in [0.1, 0.15) is 23.9 Å². The number of nitrogens with one attached hydrogen (secondary N) is 2. The van der Waals surface area contributed by atoms with E-state index in [9.17, 15) is 39.3 Å². The highest BCUT2D eigenvalue weighted by molar-refractivity contribution is 5.95. The summed E-state index contributed by atoms with van der Waals surface area (Å²) in [5.41, 5.74) is -9.09. The highest BCUT2D eigenvalue weighted by Gasteiger charge is 2.78. The molecule has 2 saturated carbocycles. The number of fused-ring (bicyclic) bond motifs is 5. The summed E-state index contributed by atoms with van der Waals surface area (Å²) in [4.78, 5) is 82.6. The summed E-state index contributed by atoms with van der Waals surface area (Å²) < 4.78 is 30.1. The second-order valence-corrected chi connectivity index (χ2v) is 19.3. The number of carbonyl (C=O) groups is 6. The summed E-state index contributed by atoms with van der Waals surface area (Å²) in [6, 6.07) is 6.01. The van der Waals surface area contributed by atoms with E-state index in [-0.39, 0.29) is 29.7 Å². The van der Waals surface area contributed by atoms with E-state index in [1.54, 1.807) is 73.6 Å². The molecule has 1 saturated heterocycles. The lowest BCUT2D eigenvalue weighted by molar-refractivity contribution is -0.346. The third-order valence-corrected chi connectivity index (χ3v) is 12.7. The first kappa shape index (κ1) is 45.7. The number of hydrogen-bond acceptors (Lipinski definition) is 14. The van der Waals surface area contributed by atoms with Gasteiger partial charge in [0.25, 0.3) is 0 Å². The van der Waals surface area contributed by atoms with Crippen LogP contribution in [0.25, 0.3) is 0 Å². The van der Waals surface area contributed by atoms with Gasteiger partial charge >= 0.3 is 29.9 Å². The Morgan fingerprint density at radius 3 is 2.05 bits per heavy atom. The summed E-state index contributed by atoms with van der Waals surface area (Å²) in [7, 11) is 0. The molecule has 59 heavy (non-hydrogen) atoms. The van der Waals surface area contributed by atoms with E-state index in [1.165, 1.54) is 26.0 Å². The molecule has 16 heteroatoms. The van der Waals surface area contributed by atoms with E-state index in [0.29, 0.717) is 0 Å². The van der Waals surface area contributed by atoms with Gasteiger partial charge in [-0.3, -0.25) is 14.4 Å². The van der Waals surface area contributed by atoms with E-state index in [1.807, 2.05) is 0 Å². The van der Waals surface area contributed by atoms with Crippen molar-refractivity contribution >= 4 is 35.7 Å². The van der Waals surface area contributed by atoms with Crippen LogP contribution >= 0.6 is 0 Å². The van der Waals surface area contributed by atoms with E-state index < -0.39 is 124 Å².